The van der Waals surface area contributed by atoms with Crippen molar-refractivity contribution in [2.24, 2.45) is 5.92 Å². The van der Waals surface area contributed by atoms with Crippen molar-refractivity contribution in [2.45, 2.75) is 19.8 Å². The summed E-state index contributed by atoms with van der Waals surface area (Å²) in [6.07, 6.45) is 3.70. The van der Waals surface area contributed by atoms with E-state index < -0.39 is 0 Å². The molecule has 3 aromatic rings. The van der Waals surface area contributed by atoms with Crippen LogP contribution in [0.4, 0.5) is 0 Å². The van der Waals surface area contributed by atoms with E-state index in [1.807, 2.05) is 23.1 Å². The van der Waals surface area contributed by atoms with Gasteiger partial charge in [0.1, 0.15) is 0 Å². The number of rotatable bonds is 2. The van der Waals surface area contributed by atoms with Crippen molar-refractivity contribution < 1.29 is 4.79 Å². The Morgan fingerprint density at radius 2 is 1.63 bits per heavy atom. The molecule has 5 heteroatoms. The van der Waals surface area contributed by atoms with E-state index >= 15 is 0 Å². The molecule has 0 aliphatic carbocycles. The van der Waals surface area contributed by atoms with Crippen LogP contribution in [0.3, 0.4) is 0 Å². The third-order valence-corrected chi connectivity index (χ3v) is 5.58. The number of aromatic nitrogens is 1. The van der Waals surface area contributed by atoms with Crippen molar-refractivity contribution in [3.8, 4) is 5.69 Å². The van der Waals surface area contributed by atoms with Crippen LogP contribution in [0, 0.1) is 5.92 Å². The third-order valence-electron chi connectivity index (χ3n) is 5.33. The number of nitrogens with zero attached hydrogens (tertiary/aromatic N) is 2. The van der Waals surface area contributed by atoms with Gasteiger partial charge in [-0.2, -0.15) is 0 Å². The number of benzene rings is 2. The Labute approximate surface area is 163 Å². The number of carbonyl (C=O) groups excluding carboxylic acids is 1. The van der Waals surface area contributed by atoms with Gasteiger partial charge in [0.15, 0.2) is 0 Å². The van der Waals surface area contributed by atoms with Crippen LogP contribution in [0.5, 0.6) is 0 Å². The molecule has 4 nitrogen and oxygen atoms in total. The molecule has 1 amide bonds. The van der Waals surface area contributed by atoms with Gasteiger partial charge in [-0.05, 0) is 49.1 Å². The number of pyridine rings is 1. The molecule has 1 aliphatic heterocycles. The molecular weight excluding hydrogens is 360 g/mol. The normalized spacial score (nSPS) is 15.3. The quantitative estimate of drug-likeness (QED) is 0.656. The zero-order valence-corrected chi connectivity index (χ0v) is 15.9. The minimum atomic E-state index is -0.142. The SMILES string of the molecule is CC1CCN(C(=O)c2cn(-c3ccc(Cl)cc3)c(=O)c3ccccc23)CC1. The maximum absolute atomic E-state index is 13.3. The number of carbonyl (C=O) groups is 1. The van der Waals surface area contributed by atoms with Crippen molar-refractivity contribution in [1.29, 1.82) is 0 Å². The van der Waals surface area contributed by atoms with Gasteiger partial charge in [-0.1, -0.05) is 36.7 Å². The van der Waals surface area contributed by atoms with E-state index in [0.717, 1.165) is 25.9 Å². The molecule has 1 aliphatic rings. The second-order valence-electron chi connectivity index (χ2n) is 7.21. The van der Waals surface area contributed by atoms with Gasteiger partial charge in [0, 0.05) is 40.8 Å². The Balaban J connectivity index is 1.86. The molecule has 4 rings (SSSR count). The maximum atomic E-state index is 13.3. The number of likely N-dealkylation sites (tertiary alicyclic amines) is 1. The lowest BCUT2D eigenvalue weighted by Gasteiger charge is -2.30. The highest BCUT2D eigenvalue weighted by Crippen LogP contribution is 2.23. The van der Waals surface area contributed by atoms with E-state index in [9.17, 15) is 9.59 Å². The predicted molar refractivity (Wildman–Crippen MR) is 109 cm³/mol. The molecule has 0 saturated carbocycles. The minimum Gasteiger partial charge on any atom is -0.339 e. The Morgan fingerprint density at radius 1 is 1.00 bits per heavy atom. The summed E-state index contributed by atoms with van der Waals surface area (Å²) in [4.78, 5) is 28.2. The highest BCUT2D eigenvalue weighted by molar-refractivity contribution is 6.30. The van der Waals surface area contributed by atoms with Crippen molar-refractivity contribution in [1.82, 2.24) is 9.47 Å². The van der Waals surface area contributed by atoms with Crippen LogP contribution in [0.2, 0.25) is 5.02 Å². The molecule has 0 bridgehead atoms. The van der Waals surface area contributed by atoms with Crippen LogP contribution < -0.4 is 5.56 Å². The van der Waals surface area contributed by atoms with Crippen LogP contribution in [0.25, 0.3) is 16.5 Å². The van der Waals surface area contributed by atoms with Gasteiger partial charge in [0.25, 0.3) is 11.5 Å². The Kier molecular flexibility index (Phi) is 4.75. The first-order chi connectivity index (χ1) is 13.0. The lowest BCUT2D eigenvalue weighted by molar-refractivity contribution is 0.0698. The van der Waals surface area contributed by atoms with Crippen LogP contribution in [-0.2, 0) is 0 Å². The zero-order chi connectivity index (χ0) is 19.0. The first kappa shape index (κ1) is 17.8. The molecule has 0 spiro atoms. The van der Waals surface area contributed by atoms with Crippen LogP contribution in [-0.4, -0.2) is 28.5 Å². The summed E-state index contributed by atoms with van der Waals surface area (Å²) >= 11 is 5.98. The predicted octanol–water partition coefficient (Wildman–Crippen LogP) is 4.52. The largest absolute Gasteiger partial charge is 0.339 e. The van der Waals surface area contributed by atoms with Gasteiger partial charge in [0.05, 0.1) is 5.56 Å². The van der Waals surface area contributed by atoms with E-state index in [-0.39, 0.29) is 11.5 Å². The van der Waals surface area contributed by atoms with E-state index in [0.29, 0.717) is 33.0 Å². The molecule has 0 N–H and O–H groups in total. The standard InChI is InChI=1S/C22H21ClN2O2/c1-15-10-12-24(13-11-15)21(26)20-14-25(17-8-6-16(23)7-9-17)22(27)19-5-3-2-4-18(19)20/h2-9,14-15H,10-13H2,1H3. The first-order valence-corrected chi connectivity index (χ1v) is 9.62. The van der Waals surface area contributed by atoms with Crippen molar-refractivity contribution >= 4 is 28.3 Å². The lowest BCUT2D eigenvalue weighted by Crippen LogP contribution is -2.38. The van der Waals surface area contributed by atoms with Gasteiger partial charge < -0.3 is 4.90 Å². The fourth-order valence-corrected chi connectivity index (χ4v) is 3.76. The third kappa shape index (κ3) is 3.37. The van der Waals surface area contributed by atoms with E-state index in [2.05, 4.69) is 6.92 Å². The molecular formula is C22H21ClN2O2. The molecule has 1 aromatic heterocycles. The zero-order valence-electron chi connectivity index (χ0n) is 15.2. The van der Waals surface area contributed by atoms with Gasteiger partial charge in [0.2, 0.25) is 0 Å². The highest BCUT2D eigenvalue weighted by atomic mass is 35.5. The summed E-state index contributed by atoms with van der Waals surface area (Å²) in [5.41, 5.74) is 1.11. The number of hydrogen-bond donors (Lipinski definition) is 0. The Morgan fingerprint density at radius 3 is 2.30 bits per heavy atom. The Bertz CT molecular complexity index is 1050. The van der Waals surface area contributed by atoms with Gasteiger partial charge in [-0.3, -0.25) is 14.2 Å². The molecule has 1 saturated heterocycles. The van der Waals surface area contributed by atoms with Crippen LogP contribution in [0.1, 0.15) is 30.1 Å². The second-order valence-corrected chi connectivity index (χ2v) is 7.65. The molecule has 0 unspecified atom stereocenters. The number of amides is 1. The van der Waals surface area contributed by atoms with E-state index in [1.54, 1.807) is 41.1 Å². The van der Waals surface area contributed by atoms with Crippen LogP contribution in [0.15, 0.2) is 59.5 Å². The van der Waals surface area contributed by atoms with Gasteiger partial charge >= 0.3 is 0 Å². The molecule has 1 fully saturated rings. The molecule has 2 aromatic carbocycles. The summed E-state index contributed by atoms with van der Waals surface area (Å²) in [5, 5.41) is 1.85. The van der Waals surface area contributed by atoms with Crippen molar-refractivity contribution in [2.75, 3.05) is 13.1 Å². The number of halogens is 1. The average molecular weight is 381 g/mol. The summed E-state index contributed by atoms with van der Waals surface area (Å²) < 4.78 is 1.54. The van der Waals surface area contributed by atoms with E-state index in [4.69, 9.17) is 11.6 Å². The van der Waals surface area contributed by atoms with Crippen molar-refractivity contribution in [3.05, 3.63) is 75.7 Å². The number of fused-ring (bicyclic) bond motifs is 1. The first-order valence-electron chi connectivity index (χ1n) is 9.24. The monoisotopic (exact) mass is 380 g/mol. The van der Waals surface area contributed by atoms with Gasteiger partial charge in [-0.25, -0.2) is 0 Å². The second kappa shape index (κ2) is 7.20. The summed E-state index contributed by atoms with van der Waals surface area (Å²) in [6, 6.07) is 14.4. The summed E-state index contributed by atoms with van der Waals surface area (Å²) in [5.74, 6) is 0.634. The van der Waals surface area contributed by atoms with Crippen molar-refractivity contribution in [3.63, 3.8) is 0 Å². The summed E-state index contributed by atoms with van der Waals surface area (Å²) in [7, 11) is 0. The number of piperidine rings is 1. The van der Waals surface area contributed by atoms with Crippen LogP contribution >= 0.6 is 11.6 Å². The average Bonchev–Trinajstić information content (AvgIpc) is 2.69. The fraction of sp³-hybridized carbons (Fsp3) is 0.273. The highest BCUT2D eigenvalue weighted by Gasteiger charge is 2.24. The molecule has 2 heterocycles. The minimum absolute atomic E-state index is 0.0131. The lowest BCUT2D eigenvalue weighted by atomic mass is 9.98. The fourth-order valence-electron chi connectivity index (χ4n) is 3.64. The number of hydrogen-bond acceptors (Lipinski definition) is 2. The van der Waals surface area contributed by atoms with Gasteiger partial charge in [-0.15, -0.1) is 0 Å². The smallest absolute Gasteiger partial charge is 0.262 e. The summed E-state index contributed by atoms with van der Waals surface area (Å²) in [6.45, 7) is 3.74. The molecule has 27 heavy (non-hydrogen) atoms. The molecule has 0 radical (unpaired) electrons. The maximum Gasteiger partial charge on any atom is 0.262 e. The Hall–Kier alpha value is -2.59. The molecule has 138 valence electrons. The molecule has 0 atom stereocenters. The van der Waals surface area contributed by atoms with E-state index in [1.165, 1.54) is 0 Å². The topological polar surface area (TPSA) is 42.3 Å².